The first kappa shape index (κ1) is 34.0. The molecule has 0 heterocycles. The highest BCUT2D eigenvalue weighted by atomic mass is 16.4. The summed E-state index contributed by atoms with van der Waals surface area (Å²) < 4.78 is 0. The molecule has 0 aliphatic rings. The molecule has 15 heteroatoms. The van der Waals surface area contributed by atoms with Crippen molar-refractivity contribution >= 4 is 35.6 Å². The summed E-state index contributed by atoms with van der Waals surface area (Å²) in [7, 11) is 0. The maximum absolute atomic E-state index is 13.4. The van der Waals surface area contributed by atoms with Crippen molar-refractivity contribution in [3.63, 3.8) is 0 Å². The maximum Gasteiger partial charge on any atom is 0.326 e. The topological polar surface area (TPSA) is 266 Å². The molecular formula is C28H34N4O11. The first-order chi connectivity index (χ1) is 20.2. The molecule has 0 spiro atoms. The Balaban J connectivity index is 2.26. The zero-order valence-corrected chi connectivity index (χ0v) is 22.9. The van der Waals surface area contributed by atoms with E-state index in [-0.39, 0.29) is 30.8 Å². The number of phenols is 2. The molecule has 0 aromatic heterocycles. The molecule has 4 atom stereocenters. The molecule has 0 aliphatic heterocycles. The van der Waals surface area contributed by atoms with Crippen LogP contribution >= 0.6 is 0 Å². The summed E-state index contributed by atoms with van der Waals surface area (Å²) >= 11 is 0. The zero-order valence-electron chi connectivity index (χ0n) is 22.9. The lowest BCUT2D eigenvalue weighted by Gasteiger charge is -2.25. The number of phenolic OH excluding ortho intramolecular Hbond substituents is 2. The van der Waals surface area contributed by atoms with Crippen LogP contribution in [-0.4, -0.2) is 85.3 Å². The van der Waals surface area contributed by atoms with Gasteiger partial charge in [0.15, 0.2) is 0 Å². The molecule has 3 amide bonds. The Hall–Kier alpha value is -5.18. The van der Waals surface area contributed by atoms with Crippen molar-refractivity contribution in [1.82, 2.24) is 16.0 Å². The van der Waals surface area contributed by atoms with Gasteiger partial charge in [-0.15, -0.1) is 0 Å². The molecule has 0 radical (unpaired) electrons. The molecule has 0 saturated carbocycles. The van der Waals surface area contributed by atoms with E-state index in [0.29, 0.717) is 11.1 Å². The quantitative estimate of drug-likeness (QED) is 0.111. The summed E-state index contributed by atoms with van der Waals surface area (Å²) in [4.78, 5) is 73.2. The van der Waals surface area contributed by atoms with Gasteiger partial charge in [0.1, 0.15) is 29.6 Å². The van der Waals surface area contributed by atoms with Gasteiger partial charge in [0.2, 0.25) is 17.7 Å². The molecule has 15 nitrogen and oxygen atoms in total. The van der Waals surface area contributed by atoms with Gasteiger partial charge in [-0.05, 0) is 48.2 Å². The van der Waals surface area contributed by atoms with E-state index in [1.54, 1.807) is 0 Å². The molecule has 232 valence electrons. The standard InChI is InChI=1S/C28H34N4O11/c29-19(9-11-23(35)36)25(39)31-21(13-15-1-5-17(33)6-2-15)27(41)30-20(10-12-24(37)38)26(40)32-22(28(42)43)14-16-3-7-18(34)8-4-16/h1-8,19-22,33-34H,9-14,29H2,(H,30,41)(H,31,39)(H,32,40)(H,35,36)(H,37,38)(H,42,43). The lowest BCUT2D eigenvalue weighted by atomic mass is 10.0. The predicted octanol–water partition coefficient (Wildman–Crippen LogP) is -0.521. The molecular weight excluding hydrogens is 568 g/mol. The molecule has 43 heavy (non-hydrogen) atoms. The predicted molar refractivity (Wildman–Crippen MR) is 149 cm³/mol. The average molecular weight is 603 g/mol. The van der Waals surface area contributed by atoms with E-state index < -0.39 is 79.1 Å². The van der Waals surface area contributed by atoms with Gasteiger partial charge in [0.25, 0.3) is 0 Å². The smallest absolute Gasteiger partial charge is 0.326 e. The number of rotatable bonds is 17. The minimum Gasteiger partial charge on any atom is -0.508 e. The molecule has 2 aromatic carbocycles. The van der Waals surface area contributed by atoms with Crippen molar-refractivity contribution in [2.45, 2.75) is 62.7 Å². The van der Waals surface area contributed by atoms with Gasteiger partial charge in [0.05, 0.1) is 6.04 Å². The number of carbonyl (C=O) groups excluding carboxylic acids is 3. The number of hydrogen-bond acceptors (Lipinski definition) is 9. The van der Waals surface area contributed by atoms with Gasteiger partial charge in [-0.2, -0.15) is 0 Å². The van der Waals surface area contributed by atoms with Crippen LogP contribution in [0.4, 0.5) is 0 Å². The van der Waals surface area contributed by atoms with Crippen molar-refractivity contribution in [3.8, 4) is 11.5 Å². The van der Waals surface area contributed by atoms with Gasteiger partial charge in [-0.3, -0.25) is 24.0 Å². The fourth-order valence-electron chi connectivity index (χ4n) is 3.91. The van der Waals surface area contributed by atoms with E-state index in [1.807, 2.05) is 0 Å². The lowest BCUT2D eigenvalue weighted by molar-refractivity contribution is -0.143. The summed E-state index contributed by atoms with van der Waals surface area (Å²) in [5, 5.41) is 53.8. The molecule has 0 aliphatic carbocycles. The van der Waals surface area contributed by atoms with Gasteiger partial charge >= 0.3 is 17.9 Å². The summed E-state index contributed by atoms with van der Waals surface area (Å²) in [6.07, 6.45) is -1.96. The van der Waals surface area contributed by atoms with Crippen LogP contribution in [-0.2, 0) is 41.6 Å². The molecule has 2 aromatic rings. The highest BCUT2D eigenvalue weighted by Gasteiger charge is 2.31. The molecule has 10 N–H and O–H groups in total. The zero-order chi connectivity index (χ0) is 32.1. The van der Waals surface area contributed by atoms with Crippen LogP contribution in [0.15, 0.2) is 48.5 Å². The van der Waals surface area contributed by atoms with Gasteiger partial charge in [-0.25, -0.2) is 4.79 Å². The van der Waals surface area contributed by atoms with Crippen molar-refractivity contribution in [3.05, 3.63) is 59.7 Å². The van der Waals surface area contributed by atoms with Crippen molar-refractivity contribution in [2.75, 3.05) is 0 Å². The SMILES string of the molecule is NC(CCC(=O)O)C(=O)NC(Cc1ccc(O)cc1)C(=O)NC(CCC(=O)O)C(=O)NC(Cc1ccc(O)cc1)C(=O)O. The van der Waals surface area contributed by atoms with Crippen LogP contribution in [0.5, 0.6) is 11.5 Å². The first-order valence-electron chi connectivity index (χ1n) is 13.1. The molecule has 4 unspecified atom stereocenters. The third kappa shape index (κ3) is 12.1. The maximum atomic E-state index is 13.4. The summed E-state index contributed by atoms with van der Waals surface area (Å²) in [5.41, 5.74) is 6.71. The third-order valence-corrected chi connectivity index (χ3v) is 6.29. The van der Waals surface area contributed by atoms with E-state index in [0.717, 1.165) is 0 Å². The number of nitrogens with one attached hydrogen (secondary N) is 3. The van der Waals surface area contributed by atoms with Crippen LogP contribution < -0.4 is 21.7 Å². The Bertz CT molecular complexity index is 1300. The van der Waals surface area contributed by atoms with Crippen LogP contribution in [0.3, 0.4) is 0 Å². The number of benzene rings is 2. The fraction of sp³-hybridized carbons (Fsp3) is 0.357. The van der Waals surface area contributed by atoms with Crippen LogP contribution in [0.25, 0.3) is 0 Å². The Labute approximate surface area is 245 Å². The van der Waals surface area contributed by atoms with Crippen molar-refractivity contribution in [2.24, 2.45) is 5.73 Å². The minimum atomic E-state index is -1.52. The van der Waals surface area contributed by atoms with E-state index in [9.17, 15) is 44.1 Å². The Kier molecular flexibility index (Phi) is 12.9. The van der Waals surface area contributed by atoms with Gasteiger partial charge < -0.3 is 47.2 Å². The number of aliphatic carboxylic acids is 3. The highest BCUT2D eigenvalue weighted by molar-refractivity contribution is 5.94. The third-order valence-electron chi connectivity index (χ3n) is 6.29. The molecule has 0 bridgehead atoms. The number of aromatic hydroxyl groups is 2. The number of carbonyl (C=O) groups is 6. The van der Waals surface area contributed by atoms with E-state index in [2.05, 4.69) is 16.0 Å². The number of amides is 3. The summed E-state index contributed by atoms with van der Waals surface area (Å²) in [6, 6.07) is 5.56. The van der Waals surface area contributed by atoms with E-state index in [4.69, 9.17) is 15.9 Å². The Morgan fingerprint density at radius 2 is 0.977 bits per heavy atom. The molecule has 2 rings (SSSR count). The van der Waals surface area contributed by atoms with Crippen LogP contribution in [0, 0.1) is 0 Å². The summed E-state index contributed by atoms with van der Waals surface area (Å²) in [5.74, 6) is -6.76. The first-order valence-corrected chi connectivity index (χ1v) is 13.1. The van der Waals surface area contributed by atoms with E-state index in [1.165, 1.54) is 48.5 Å². The number of nitrogens with two attached hydrogens (primary N) is 1. The monoisotopic (exact) mass is 602 g/mol. The largest absolute Gasteiger partial charge is 0.508 e. The van der Waals surface area contributed by atoms with E-state index >= 15 is 0 Å². The normalized spacial score (nSPS) is 13.5. The number of carboxylic acid groups (broad SMARTS) is 3. The summed E-state index contributed by atoms with van der Waals surface area (Å²) in [6.45, 7) is 0. The highest BCUT2D eigenvalue weighted by Crippen LogP contribution is 2.14. The second-order valence-corrected chi connectivity index (χ2v) is 9.73. The van der Waals surface area contributed by atoms with Crippen molar-refractivity contribution < 1.29 is 54.3 Å². The molecule has 0 fully saturated rings. The second kappa shape index (κ2) is 16.3. The van der Waals surface area contributed by atoms with Crippen LogP contribution in [0.1, 0.15) is 36.8 Å². The minimum absolute atomic E-state index is 0.0482. The number of carboxylic acids is 3. The lowest BCUT2D eigenvalue weighted by Crippen LogP contribution is -2.57. The second-order valence-electron chi connectivity index (χ2n) is 9.73. The van der Waals surface area contributed by atoms with Crippen LogP contribution in [0.2, 0.25) is 0 Å². The van der Waals surface area contributed by atoms with Crippen molar-refractivity contribution in [1.29, 1.82) is 0 Å². The fourth-order valence-corrected chi connectivity index (χ4v) is 3.91. The average Bonchev–Trinajstić information content (AvgIpc) is 2.94. The van der Waals surface area contributed by atoms with Gasteiger partial charge in [-0.1, -0.05) is 24.3 Å². The molecule has 0 saturated heterocycles. The van der Waals surface area contributed by atoms with Gasteiger partial charge in [0, 0.05) is 25.7 Å². The number of hydrogen-bond donors (Lipinski definition) is 9. The Morgan fingerprint density at radius 1 is 0.581 bits per heavy atom. The Morgan fingerprint density at radius 3 is 1.44 bits per heavy atom.